The van der Waals surface area contributed by atoms with Gasteiger partial charge in [0.25, 0.3) is 0 Å². The van der Waals surface area contributed by atoms with Crippen LogP contribution in [0.1, 0.15) is 11.1 Å². The van der Waals surface area contributed by atoms with Crippen LogP contribution in [-0.2, 0) is 12.8 Å². The molecule has 0 atom stereocenters. The molecule has 0 bridgehead atoms. The number of aryl methyl sites for hydroxylation is 1. The molecule has 10 heavy (non-hydrogen) atoms. The first-order valence-electron chi connectivity index (χ1n) is 3.32. The Balaban J connectivity index is 2.66. The van der Waals surface area contributed by atoms with E-state index >= 15 is 0 Å². The predicted molar refractivity (Wildman–Crippen MR) is 48.4 cm³/mol. The van der Waals surface area contributed by atoms with E-state index in [-0.39, 0.29) is 0 Å². The van der Waals surface area contributed by atoms with Gasteiger partial charge in [0.1, 0.15) is 0 Å². The smallest absolute Gasteiger partial charge is 0.0209 e. The lowest BCUT2D eigenvalue weighted by Gasteiger charge is -2.21. The van der Waals surface area contributed by atoms with Crippen LogP contribution in [-0.4, -0.2) is 0 Å². The number of thiol groups is 2. The fourth-order valence-electron chi connectivity index (χ4n) is 1.26. The molecule has 0 spiro atoms. The SMILES string of the molecule is Sc1ccc2c(c1S)CC2. The third kappa shape index (κ3) is 0.789. The summed E-state index contributed by atoms with van der Waals surface area (Å²) in [5.41, 5.74) is 2.85. The van der Waals surface area contributed by atoms with E-state index in [1.807, 2.05) is 6.07 Å². The Labute approximate surface area is 71.5 Å². The highest BCUT2D eigenvalue weighted by Gasteiger charge is 2.16. The number of fused-ring (bicyclic) bond motifs is 1. The molecular weight excluding hydrogens is 160 g/mol. The quantitative estimate of drug-likeness (QED) is 0.546. The van der Waals surface area contributed by atoms with Crippen molar-refractivity contribution < 1.29 is 0 Å². The summed E-state index contributed by atoms with van der Waals surface area (Å²) in [4.78, 5) is 2.08. The second kappa shape index (κ2) is 2.21. The van der Waals surface area contributed by atoms with Gasteiger partial charge in [-0.15, -0.1) is 25.3 Å². The summed E-state index contributed by atoms with van der Waals surface area (Å²) < 4.78 is 0. The van der Waals surface area contributed by atoms with E-state index in [1.165, 1.54) is 24.0 Å². The summed E-state index contributed by atoms with van der Waals surface area (Å²) in [6, 6.07) is 4.16. The summed E-state index contributed by atoms with van der Waals surface area (Å²) >= 11 is 8.63. The standard InChI is InChI=1S/C8H8S2/c9-7-4-2-5-1-3-6(5)8(7)10/h2,4,9-10H,1,3H2. The van der Waals surface area contributed by atoms with E-state index in [0.717, 1.165) is 9.79 Å². The summed E-state index contributed by atoms with van der Waals surface area (Å²) in [5.74, 6) is 0. The average Bonchev–Trinajstić information content (AvgIpc) is 1.82. The number of hydrogen-bond donors (Lipinski definition) is 2. The molecular formula is C8H8S2. The van der Waals surface area contributed by atoms with Crippen molar-refractivity contribution in [2.24, 2.45) is 0 Å². The van der Waals surface area contributed by atoms with Crippen LogP contribution in [0.15, 0.2) is 21.9 Å². The zero-order valence-electron chi connectivity index (χ0n) is 5.46. The molecule has 0 saturated heterocycles. The molecule has 0 unspecified atom stereocenters. The third-order valence-electron chi connectivity index (χ3n) is 2.00. The fourth-order valence-corrected chi connectivity index (χ4v) is 1.80. The zero-order valence-corrected chi connectivity index (χ0v) is 7.25. The molecule has 0 radical (unpaired) electrons. The third-order valence-corrected chi connectivity index (χ3v) is 3.06. The van der Waals surface area contributed by atoms with E-state index in [2.05, 4.69) is 31.3 Å². The molecule has 0 N–H and O–H groups in total. The highest BCUT2D eigenvalue weighted by molar-refractivity contribution is 7.83. The largest absolute Gasteiger partial charge is 0.142 e. The Morgan fingerprint density at radius 1 is 1.10 bits per heavy atom. The Bertz CT molecular complexity index is 264. The van der Waals surface area contributed by atoms with Crippen LogP contribution >= 0.6 is 25.3 Å². The first-order valence-corrected chi connectivity index (χ1v) is 4.21. The number of rotatable bonds is 0. The van der Waals surface area contributed by atoms with Gasteiger partial charge < -0.3 is 0 Å². The minimum absolute atomic E-state index is 1.00. The Morgan fingerprint density at radius 3 is 2.40 bits per heavy atom. The molecule has 2 rings (SSSR count). The molecule has 0 fully saturated rings. The van der Waals surface area contributed by atoms with Gasteiger partial charge >= 0.3 is 0 Å². The second-order valence-electron chi connectivity index (χ2n) is 2.57. The first kappa shape index (κ1) is 6.62. The molecule has 2 heteroatoms. The van der Waals surface area contributed by atoms with Crippen LogP contribution in [0.4, 0.5) is 0 Å². The van der Waals surface area contributed by atoms with Crippen LogP contribution in [0.5, 0.6) is 0 Å². The average molecular weight is 168 g/mol. The van der Waals surface area contributed by atoms with Crippen LogP contribution in [0.25, 0.3) is 0 Å². The first-order chi connectivity index (χ1) is 4.79. The van der Waals surface area contributed by atoms with Gasteiger partial charge in [-0.3, -0.25) is 0 Å². The monoisotopic (exact) mass is 168 g/mol. The van der Waals surface area contributed by atoms with Crippen LogP contribution in [0.3, 0.4) is 0 Å². The summed E-state index contributed by atoms with van der Waals surface area (Å²) in [7, 11) is 0. The van der Waals surface area contributed by atoms with Crippen molar-refractivity contribution in [1.82, 2.24) is 0 Å². The van der Waals surface area contributed by atoms with Crippen LogP contribution in [0, 0.1) is 0 Å². The van der Waals surface area contributed by atoms with E-state index in [9.17, 15) is 0 Å². The molecule has 0 heterocycles. The van der Waals surface area contributed by atoms with Crippen molar-refractivity contribution in [2.45, 2.75) is 22.6 Å². The lowest BCUT2D eigenvalue weighted by atomic mass is 9.89. The normalized spacial score (nSPS) is 14.2. The Hall–Kier alpha value is -0.0800. The maximum atomic E-state index is 4.36. The van der Waals surface area contributed by atoms with Crippen LogP contribution < -0.4 is 0 Å². The predicted octanol–water partition coefficient (Wildman–Crippen LogP) is 2.36. The summed E-state index contributed by atoms with van der Waals surface area (Å²) in [6.45, 7) is 0. The lowest BCUT2D eigenvalue weighted by Crippen LogP contribution is -2.08. The molecule has 52 valence electrons. The van der Waals surface area contributed by atoms with Crippen molar-refractivity contribution in [3.8, 4) is 0 Å². The van der Waals surface area contributed by atoms with Gasteiger partial charge in [0.15, 0.2) is 0 Å². The molecule has 0 saturated carbocycles. The van der Waals surface area contributed by atoms with Gasteiger partial charge in [0.2, 0.25) is 0 Å². The maximum Gasteiger partial charge on any atom is 0.0209 e. The van der Waals surface area contributed by atoms with Crippen molar-refractivity contribution >= 4 is 25.3 Å². The second-order valence-corrected chi connectivity index (χ2v) is 3.50. The molecule has 1 aliphatic rings. The molecule has 1 aromatic rings. The fraction of sp³-hybridized carbons (Fsp3) is 0.250. The van der Waals surface area contributed by atoms with Crippen molar-refractivity contribution in [3.63, 3.8) is 0 Å². The highest BCUT2D eigenvalue weighted by Crippen LogP contribution is 2.32. The van der Waals surface area contributed by atoms with Gasteiger partial charge in [-0.05, 0) is 30.0 Å². The van der Waals surface area contributed by atoms with Crippen molar-refractivity contribution in [3.05, 3.63) is 23.3 Å². The zero-order chi connectivity index (χ0) is 7.14. The molecule has 0 aromatic heterocycles. The topological polar surface area (TPSA) is 0 Å². The molecule has 1 aliphatic carbocycles. The van der Waals surface area contributed by atoms with E-state index in [0.29, 0.717) is 0 Å². The molecule has 1 aromatic carbocycles. The number of benzene rings is 1. The lowest BCUT2D eigenvalue weighted by molar-refractivity contribution is 0.797. The minimum atomic E-state index is 1.00. The van der Waals surface area contributed by atoms with E-state index < -0.39 is 0 Å². The maximum absolute atomic E-state index is 4.36. The van der Waals surface area contributed by atoms with Crippen LogP contribution in [0.2, 0.25) is 0 Å². The van der Waals surface area contributed by atoms with Gasteiger partial charge in [0.05, 0.1) is 0 Å². The molecule has 0 amide bonds. The van der Waals surface area contributed by atoms with Crippen molar-refractivity contribution in [1.29, 1.82) is 0 Å². The summed E-state index contributed by atoms with van der Waals surface area (Å²) in [5, 5.41) is 0. The summed E-state index contributed by atoms with van der Waals surface area (Å²) in [6.07, 6.45) is 2.40. The molecule has 0 nitrogen and oxygen atoms in total. The van der Waals surface area contributed by atoms with E-state index in [1.54, 1.807) is 0 Å². The van der Waals surface area contributed by atoms with Gasteiger partial charge in [0, 0.05) is 9.79 Å². The van der Waals surface area contributed by atoms with E-state index in [4.69, 9.17) is 0 Å². The number of hydrogen-bond acceptors (Lipinski definition) is 2. The Kier molecular flexibility index (Phi) is 1.46. The van der Waals surface area contributed by atoms with Gasteiger partial charge in [-0.2, -0.15) is 0 Å². The van der Waals surface area contributed by atoms with Gasteiger partial charge in [-0.25, -0.2) is 0 Å². The minimum Gasteiger partial charge on any atom is -0.142 e. The highest BCUT2D eigenvalue weighted by atomic mass is 32.1. The molecule has 0 aliphatic heterocycles. The van der Waals surface area contributed by atoms with Crippen molar-refractivity contribution in [2.75, 3.05) is 0 Å². The Morgan fingerprint density at radius 2 is 1.90 bits per heavy atom. The van der Waals surface area contributed by atoms with Gasteiger partial charge in [-0.1, -0.05) is 6.07 Å².